The van der Waals surface area contributed by atoms with Crippen molar-refractivity contribution in [1.29, 1.82) is 0 Å². The number of pyridine rings is 1. The van der Waals surface area contributed by atoms with Gasteiger partial charge in [-0.25, -0.2) is 9.78 Å². The van der Waals surface area contributed by atoms with Crippen LogP contribution >= 0.6 is 23.2 Å². The van der Waals surface area contributed by atoms with Crippen molar-refractivity contribution >= 4 is 40.3 Å². The topological polar surface area (TPSA) is 70.4 Å². The number of phenolic OH excluding ortho intramolecular Hbond substituents is 1. The first-order valence-corrected chi connectivity index (χ1v) is 7.84. The summed E-state index contributed by atoms with van der Waals surface area (Å²) in [5, 5.41) is 19.9. The van der Waals surface area contributed by atoms with E-state index in [-0.39, 0.29) is 16.5 Å². The highest BCUT2D eigenvalue weighted by atomic mass is 35.5. The molecule has 0 unspecified atom stereocenters. The van der Waals surface area contributed by atoms with Crippen molar-refractivity contribution < 1.29 is 15.0 Å². The summed E-state index contributed by atoms with van der Waals surface area (Å²) in [4.78, 5) is 15.4. The summed E-state index contributed by atoms with van der Waals surface area (Å²) in [6.07, 6.45) is 2.44. The van der Waals surface area contributed by atoms with Gasteiger partial charge in [0.2, 0.25) is 0 Å². The average molecular weight is 350 g/mol. The van der Waals surface area contributed by atoms with Gasteiger partial charge in [-0.2, -0.15) is 0 Å². The van der Waals surface area contributed by atoms with E-state index in [1.54, 1.807) is 24.3 Å². The van der Waals surface area contributed by atoms with Crippen LogP contribution < -0.4 is 0 Å². The van der Waals surface area contributed by atoms with E-state index < -0.39 is 5.97 Å². The SMILES string of the molecule is O=C(O)c1nc(C2=C(c3cc(Cl)ccc3O)CCC2)ccc1Cl. The Labute approximate surface area is 143 Å². The van der Waals surface area contributed by atoms with Gasteiger partial charge in [-0.3, -0.25) is 0 Å². The molecule has 1 heterocycles. The standard InChI is InChI=1S/C17H13Cl2NO3/c18-9-4-7-15(21)12(8-9)10-2-1-3-11(10)14-6-5-13(19)16(20-14)17(22)23/h4-8,21H,1-3H2,(H,22,23). The quantitative estimate of drug-likeness (QED) is 0.827. The molecule has 1 aliphatic carbocycles. The van der Waals surface area contributed by atoms with Crippen molar-refractivity contribution in [2.45, 2.75) is 19.3 Å². The molecule has 0 radical (unpaired) electrons. The number of aromatic nitrogens is 1. The molecule has 0 saturated carbocycles. The molecule has 0 fully saturated rings. The van der Waals surface area contributed by atoms with Crippen LogP contribution in [0.3, 0.4) is 0 Å². The highest BCUT2D eigenvalue weighted by Crippen LogP contribution is 2.42. The van der Waals surface area contributed by atoms with Gasteiger partial charge in [-0.05, 0) is 60.7 Å². The number of nitrogens with zero attached hydrogens (tertiary/aromatic N) is 1. The highest BCUT2D eigenvalue weighted by Gasteiger charge is 2.22. The number of aromatic hydroxyl groups is 1. The molecule has 2 aromatic rings. The Bertz CT molecular complexity index is 831. The van der Waals surface area contributed by atoms with Crippen molar-refractivity contribution in [3.63, 3.8) is 0 Å². The first-order valence-electron chi connectivity index (χ1n) is 7.08. The maximum absolute atomic E-state index is 11.2. The van der Waals surface area contributed by atoms with E-state index in [9.17, 15) is 15.0 Å². The Morgan fingerprint density at radius 1 is 1.09 bits per heavy atom. The Kier molecular flexibility index (Phi) is 4.28. The predicted molar refractivity (Wildman–Crippen MR) is 90.0 cm³/mol. The molecule has 23 heavy (non-hydrogen) atoms. The van der Waals surface area contributed by atoms with E-state index in [0.29, 0.717) is 16.3 Å². The third-order valence-corrected chi connectivity index (χ3v) is 4.40. The Morgan fingerprint density at radius 2 is 1.83 bits per heavy atom. The fraction of sp³-hybridized carbons (Fsp3) is 0.176. The highest BCUT2D eigenvalue weighted by molar-refractivity contribution is 6.33. The van der Waals surface area contributed by atoms with E-state index in [1.807, 2.05) is 0 Å². The van der Waals surface area contributed by atoms with Crippen molar-refractivity contribution in [1.82, 2.24) is 4.98 Å². The number of carboxylic acid groups (broad SMARTS) is 1. The molecule has 118 valence electrons. The minimum Gasteiger partial charge on any atom is -0.507 e. The van der Waals surface area contributed by atoms with Gasteiger partial charge in [0, 0.05) is 10.6 Å². The van der Waals surface area contributed by atoms with Crippen LogP contribution in [-0.2, 0) is 0 Å². The van der Waals surface area contributed by atoms with Crippen LogP contribution in [-0.4, -0.2) is 21.2 Å². The number of allylic oxidation sites excluding steroid dienone is 2. The second-order valence-electron chi connectivity index (χ2n) is 5.30. The molecule has 4 nitrogen and oxygen atoms in total. The summed E-state index contributed by atoms with van der Waals surface area (Å²) >= 11 is 11.9. The number of hydrogen-bond donors (Lipinski definition) is 2. The van der Waals surface area contributed by atoms with Gasteiger partial charge < -0.3 is 10.2 Å². The minimum absolute atomic E-state index is 0.104. The molecule has 0 amide bonds. The number of benzene rings is 1. The summed E-state index contributed by atoms with van der Waals surface area (Å²) in [5.41, 5.74) is 2.92. The Hall–Kier alpha value is -2.04. The molecule has 1 aliphatic rings. The van der Waals surface area contributed by atoms with Crippen LogP contribution in [0, 0.1) is 0 Å². The number of carbonyl (C=O) groups is 1. The molecule has 1 aromatic heterocycles. The molecule has 0 spiro atoms. The number of halogens is 2. The van der Waals surface area contributed by atoms with Crippen molar-refractivity contribution in [2.75, 3.05) is 0 Å². The third-order valence-electron chi connectivity index (χ3n) is 3.86. The van der Waals surface area contributed by atoms with E-state index in [0.717, 1.165) is 30.4 Å². The normalized spacial score (nSPS) is 14.3. The van der Waals surface area contributed by atoms with E-state index >= 15 is 0 Å². The zero-order valence-corrected chi connectivity index (χ0v) is 13.5. The van der Waals surface area contributed by atoms with Crippen LogP contribution in [0.4, 0.5) is 0 Å². The van der Waals surface area contributed by atoms with Crippen LogP contribution in [0.15, 0.2) is 30.3 Å². The number of aromatic carboxylic acids is 1. The minimum atomic E-state index is -1.16. The van der Waals surface area contributed by atoms with Gasteiger partial charge in [0.05, 0.1) is 10.7 Å². The summed E-state index contributed by atoms with van der Waals surface area (Å²) in [5.74, 6) is -1.01. The van der Waals surface area contributed by atoms with Crippen molar-refractivity contribution in [3.8, 4) is 5.75 Å². The monoisotopic (exact) mass is 349 g/mol. The summed E-state index contributed by atoms with van der Waals surface area (Å²) in [6.45, 7) is 0. The first kappa shape index (κ1) is 15.8. The van der Waals surface area contributed by atoms with E-state index in [2.05, 4.69) is 4.98 Å². The fourth-order valence-corrected chi connectivity index (χ4v) is 3.19. The first-order chi connectivity index (χ1) is 11.0. The summed E-state index contributed by atoms with van der Waals surface area (Å²) in [6, 6.07) is 8.13. The molecule has 3 rings (SSSR count). The van der Waals surface area contributed by atoms with E-state index in [1.165, 1.54) is 6.07 Å². The van der Waals surface area contributed by atoms with Crippen molar-refractivity contribution in [3.05, 3.63) is 57.3 Å². The predicted octanol–water partition coefficient (Wildman–Crippen LogP) is 4.89. The average Bonchev–Trinajstić information content (AvgIpc) is 2.99. The lowest BCUT2D eigenvalue weighted by Crippen LogP contribution is -2.03. The molecular formula is C17H13Cl2NO3. The zero-order chi connectivity index (χ0) is 16.6. The van der Waals surface area contributed by atoms with Gasteiger partial charge in [0.1, 0.15) is 5.75 Å². The number of rotatable bonds is 3. The maximum Gasteiger partial charge on any atom is 0.356 e. The number of phenols is 1. The molecule has 1 aromatic carbocycles. The fourth-order valence-electron chi connectivity index (χ4n) is 2.83. The van der Waals surface area contributed by atoms with Gasteiger partial charge in [-0.1, -0.05) is 23.2 Å². The molecule has 0 saturated heterocycles. The zero-order valence-electron chi connectivity index (χ0n) is 12.0. The lowest BCUT2D eigenvalue weighted by atomic mass is 9.99. The van der Waals surface area contributed by atoms with Crippen LogP contribution in [0.5, 0.6) is 5.75 Å². The maximum atomic E-state index is 11.2. The molecule has 2 N–H and O–H groups in total. The number of hydrogen-bond acceptors (Lipinski definition) is 3. The lowest BCUT2D eigenvalue weighted by Gasteiger charge is -2.11. The van der Waals surface area contributed by atoms with Gasteiger partial charge >= 0.3 is 5.97 Å². The van der Waals surface area contributed by atoms with Gasteiger partial charge in [-0.15, -0.1) is 0 Å². The Morgan fingerprint density at radius 3 is 2.57 bits per heavy atom. The lowest BCUT2D eigenvalue weighted by molar-refractivity contribution is 0.0690. The number of carboxylic acids is 1. The van der Waals surface area contributed by atoms with Crippen LogP contribution in [0.25, 0.3) is 11.1 Å². The van der Waals surface area contributed by atoms with E-state index in [4.69, 9.17) is 23.2 Å². The molecule has 0 atom stereocenters. The molecule has 0 aliphatic heterocycles. The molecular weight excluding hydrogens is 337 g/mol. The second kappa shape index (κ2) is 6.22. The van der Waals surface area contributed by atoms with Crippen molar-refractivity contribution in [2.24, 2.45) is 0 Å². The van der Waals surface area contributed by atoms with Crippen LogP contribution in [0.2, 0.25) is 10.0 Å². The molecule has 0 bridgehead atoms. The second-order valence-corrected chi connectivity index (χ2v) is 6.15. The summed E-state index contributed by atoms with van der Waals surface area (Å²) in [7, 11) is 0. The van der Waals surface area contributed by atoms with Gasteiger partial charge in [0.15, 0.2) is 5.69 Å². The smallest absolute Gasteiger partial charge is 0.356 e. The molecule has 6 heteroatoms. The van der Waals surface area contributed by atoms with Crippen LogP contribution in [0.1, 0.15) is 41.0 Å². The van der Waals surface area contributed by atoms with Gasteiger partial charge in [0.25, 0.3) is 0 Å². The summed E-state index contributed by atoms with van der Waals surface area (Å²) < 4.78 is 0. The third kappa shape index (κ3) is 3.05. The Balaban J connectivity index is 2.15. The largest absolute Gasteiger partial charge is 0.507 e.